The quantitative estimate of drug-likeness (QED) is 0.532. The molecule has 0 radical (unpaired) electrons. The van der Waals surface area contributed by atoms with Crippen LogP contribution in [0.15, 0.2) is 6.20 Å². The monoisotopic (exact) mass is 546 g/mol. The Bertz CT molecular complexity index is 1290. The molecular weight excluding hydrogens is 515 g/mol. The Balaban J connectivity index is 1.30. The lowest BCUT2D eigenvalue weighted by Gasteiger charge is -2.42. The second-order valence-corrected chi connectivity index (χ2v) is 12.2. The molecule has 0 spiro atoms. The predicted molar refractivity (Wildman–Crippen MR) is 138 cm³/mol. The van der Waals surface area contributed by atoms with Gasteiger partial charge in [0, 0.05) is 32.3 Å². The summed E-state index contributed by atoms with van der Waals surface area (Å²) in [6, 6.07) is -0.0757. The minimum atomic E-state index is -0.732. The number of hydrogen-bond donors (Lipinski definition) is 0. The molecule has 3 atom stereocenters. The van der Waals surface area contributed by atoms with Crippen molar-refractivity contribution >= 4 is 40.3 Å². The van der Waals surface area contributed by atoms with Crippen molar-refractivity contribution in [2.75, 3.05) is 31.1 Å². The van der Waals surface area contributed by atoms with Crippen LogP contribution in [-0.4, -0.2) is 86.2 Å². The number of amides is 2. The first-order valence-electron chi connectivity index (χ1n) is 13.3. The SMILES string of the molecule is CC(C)(C)OC(=O)N1C2CCC1CN(c1nc(OCC34CCCN3C(=O)CC4)nc3c(F)c(Cl)ncc13)C2. The van der Waals surface area contributed by atoms with Crippen LogP contribution >= 0.6 is 11.6 Å². The third kappa shape index (κ3) is 4.28. The van der Waals surface area contributed by atoms with Gasteiger partial charge in [0.15, 0.2) is 11.0 Å². The molecule has 204 valence electrons. The topological polar surface area (TPSA) is 101 Å². The highest BCUT2D eigenvalue weighted by Crippen LogP contribution is 2.41. The van der Waals surface area contributed by atoms with Gasteiger partial charge in [0.05, 0.1) is 23.0 Å². The van der Waals surface area contributed by atoms with Crippen molar-refractivity contribution < 1.29 is 23.5 Å². The van der Waals surface area contributed by atoms with E-state index >= 15 is 4.39 Å². The zero-order valence-corrected chi connectivity index (χ0v) is 22.6. The fourth-order valence-electron chi connectivity index (χ4n) is 6.48. The van der Waals surface area contributed by atoms with Crippen LogP contribution in [0.5, 0.6) is 6.01 Å². The number of rotatable bonds is 4. The van der Waals surface area contributed by atoms with E-state index in [4.69, 9.17) is 26.1 Å². The second-order valence-electron chi connectivity index (χ2n) is 11.8. The minimum Gasteiger partial charge on any atom is -0.461 e. The number of nitrogens with zero attached hydrogens (tertiary/aromatic N) is 6. The number of carbonyl (C=O) groups excluding carboxylic acids is 2. The standard InChI is InChI=1S/C26H32ClFN6O4/c1-25(2,3)38-24(36)34-15-5-6-16(34)13-32(12-15)22-17-11-29-21(27)19(28)20(17)30-23(31-22)37-14-26-8-4-10-33(26)18(35)7-9-26/h11,15-16H,4-10,12-14H2,1-3H3. The fourth-order valence-corrected chi connectivity index (χ4v) is 6.62. The van der Waals surface area contributed by atoms with Crippen LogP contribution < -0.4 is 9.64 Å². The molecule has 4 aliphatic rings. The van der Waals surface area contributed by atoms with Crippen molar-refractivity contribution in [2.45, 2.75) is 82.5 Å². The van der Waals surface area contributed by atoms with Gasteiger partial charge < -0.3 is 19.3 Å². The average Bonchev–Trinajstić information content (AvgIpc) is 3.50. The smallest absolute Gasteiger partial charge is 0.410 e. The maximum Gasteiger partial charge on any atom is 0.410 e. The van der Waals surface area contributed by atoms with Crippen LogP contribution in [0.4, 0.5) is 15.0 Å². The number of pyridine rings is 1. The van der Waals surface area contributed by atoms with E-state index in [0.717, 1.165) is 38.6 Å². The summed E-state index contributed by atoms with van der Waals surface area (Å²) in [5.74, 6) is -0.0877. The van der Waals surface area contributed by atoms with Crippen molar-refractivity contribution in [2.24, 2.45) is 0 Å². The van der Waals surface area contributed by atoms with Gasteiger partial charge in [-0.1, -0.05) is 11.6 Å². The molecule has 4 saturated heterocycles. The van der Waals surface area contributed by atoms with Gasteiger partial charge in [-0.2, -0.15) is 9.97 Å². The summed E-state index contributed by atoms with van der Waals surface area (Å²) in [7, 11) is 0. The Kier molecular flexibility index (Phi) is 6.04. The van der Waals surface area contributed by atoms with Gasteiger partial charge in [-0.15, -0.1) is 0 Å². The number of piperazine rings is 1. The molecule has 2 aromatic rings. The van der Waals surface area contributed by atoms with Gasteiger partial charge in [0.25, 0.3) is 0 Å². The van der Waals surface area contributed by atoms with E-state index in [9.17, 15) is 9.59 Å². The third-order valence-electron chi connectivity index (χ3n) is 8.16. The second kappa shape index (κ2) is 9.07. The summed E-state index contributed by atoms with van der Waals surface area (Å²) in [4.78, 5) is 44.1. The van der Waals surface area contributed by atoms with E-state index < -0.39 is 11.4 Å². The van der Waals surface area contributed by atoms with E-state index in [-0.39, 0.29) is 52.9 Å². The van der Waals surface area contributed by atoms with Crippen LogP contribution in [0.3, 0.4) is 0 Å². The summed E-state index contributed by atoms with van der Waals surface area (Å²) in [6.45, 7) is 7.58. The average molecular weight is 547 g/mol. The first kappa shape index (κ1) is 25.3. The maximum atomic E-state index is 15.1. The highest BCUT2D eigenvalue weighted by molar-refractivity contribution is 6.30. The van der Waals surface area contributed by atoms with Crippen molar-refractivity contribution in [3.8, 4) is 6.01 Å². The molecular formula is C26H32ClFN6O4. The first-order valence-corrected chi connectivity index (χ1v) is 13.6. The third-order valence-corrected chi connectivity index (χ3v) is 8.42. The lowest BCUT2D eigenvalue weighted by molar-refractivity contribution is -0.130. The number of hydrogen-bond acceptors (Lipinski definition) is 8. The Hall–Kier alpha value is -2.95. The molecule has 6 rings (SSSR count). The summed E-state index contributed by atoms with van der Waals surface area (Å²) < 4.78 is 26.9. The Morgan fingerprint density at radius 1 is 1.21 bits per heavy atom. The van der Waals surface area contributed by atoms with Crippen molar-refractivity contribution in [1.29, 1.82) is 0 Å². The largest absolute Gasteiger partial charge is 0.461 e. The molecule has 12 heteroatoms. The van der Waals surface area contributed by atoms with E-state index in [1.54, 1.807) is 0 Å². The minimum absolute atomic E-state index is 0.0372. The highest BCUT2D eigenvalue weighted by atomic mass is 35.5. The van der Waals surface area contributed by atoms with E-state index in [1.165, 1.54) is 6.20 Å². The molecule has 10 nitrogen and oxygen atoms in total. The molecule has 0 N–H and O–H groups in total. The van der Waals surface area contributed by atoms with Crippen molar-refractivity contribution in [3.63, 3.8) is 0 Å². The number of anilines is 1. The highest BCUT2D eigenvalue weighted by Gasteiger charge is 2.49. The fraction of sp³-hybridized carbons (Fsp3) is 0.654. The lowest BCUT2D eigenvalue weighted by atomic mass is 9.95. The van der Waals surface area contributed by atoms with Gasteiger partial charge in [0.1, 0.15) is 23.5 Å². The Labute approximate surface area is 225 Å². The summed E-state index contributed by atoms with van der Waals surface area (Å²) in [6.07, 6.45) is 5.88. The van der Waals surface area contributed by atoms with Crippen LogP contribution in [-0.2, 0) is 9.53 Å². The van der Waals surface area contributed by atoms with Crippen LogP contribution in [0.25, 0.3) is 10.9 Å². The first-order chi connectivity index (χ1) is 18.0. The zero-order valence-electron chi connectivity index (χ0n) is 21.9. The van der Waals surface area contributed by atoms with E-state index in [1.807, 2.05) is 35.5 Å². The number of carbonyl (C=O) groups is 2. The summed E-state index contributed by atoms with van der Waals surface area (Å²) >= 11 is 6.01. The zero-order chi connectivity index (χ0) is 26.8. The molecule has 3 unspecified atom stereocenters. The number of aromatic nitrogens is 3. The molecule has 0 aliphatic carbocycles. The van der Waals surface area contributed by atoms with Crippen molar-refractivity contribution in [3.05, 3.63) is 17.2 Å². The summed E-state index contributed by atoms with van der Waals surface area (Å²) in [5.41, 5.74) is -0.902. The molecule has 4 aliphatic heterocycles. The van der Waals surface area contributed by atoms with Crippen LogP contribution in [0.1, 0.15) is 59.3 Å². The predicted octanol–water partition coefficient (Wildman–Crippen LogP) is 3.94. The van der Waals surface area contributed by atoms with Crippen LogP contribution in [0.2, 0.25) is 5.15 Å². The van der Waals surface area contributed by atoms with Gasteiger partial charge in [0.2, 0.25) is 5.91 Å². The molecule has 0 saturated carbocycles. The number of ether oxygens (including phenoxy) is 2. The molecule has 4 fully saturated rings. The number of fused-ring (bicyclic) bond motifs is 4. The van der Waals surface area contributed by atoms with Gasteiger partial charge in [-0.25, -0.2) is 14.2 Å². The molecule has 2 aromatic heterocycles. The molecule has 2 bridgehead atoms. The molecule has 2 amide bonds. The molecule has 38 heavy (non-hydrogen) atoms. The maximum absolute atomic E-state index is 15.1. The van der Waals surface area contributed by atoms with Crippen LogP contribution in [0, 0.1) is 5.82 Å². The molecule has 0 aromatic carbocycles. The number of halogens is 2. The van der Waals surface area contributed by atoms with Gasteiger partial charge in [-0.3, -0.25) is 9.69 Å². The summed E-state index contributed by atoms with van der Waals surface area (Å²) in [5, 5.41) is 0.158. The normalized spacial score (nSPS) is 26.9. The van der Waals surface area contributed by atoms with Crippen molar-refractivity contribution in [1.82, 2.24) is 24.8 Å². The molecule has 6 heterocycles. The lowest BCUT2D eigenvalue weighted by Crippen LogP contribution is -2.57. The Morgan fingerprint density at radius 3 is 2.66 bits per heavy atom. The van der Waals surface area contributed by atoms with Gasteiger partial charge >= 0.3 is 12.1 Å². The van der Waals surface area contributed by atoms with E-state index in [0.29, 0.717) is 30.7 Å². The Morgan fingerprint density at radius 2 is 1.95 bits per heavy atom. The van der Waals surface area contributed by atoms with E-state index in [2.05, 4.69) is 9.97 Å². The van der Waals surface area contributed by atoms with Gasteiger partial charge in [-0.05, 0) is 52.9 Å².